The van der Waals surface area contributed by atoms with Crippen LogP contribution in [0.4, 0.5) is 0 Å². The third kappa shape index (κ3) is 2.25. The van der Waals surface area contributed by atoms with E-state index in [0.717, 1.165) is 17.6 Å². The van der Waals surface area contributed by atoms with Gasteiger partial charge in [0.2, 0.25) is 0 Å². The molecule has 4 atom stereocenters. The Kier molecular flexibility index (Phi) is 3.15. The smallest absolute Gasteiger partial charge is 0.120 e. The topological polar surface area (TPSA) is 39.2 Å². The molecule has 0 aliphatic heterocycles. The van der Waals surface area contributed by atoms with E-state index in [2.05, 4.69) is 13.8 Å². The van der Waals surface area contributed by atoms with Crippen molar-refractivity contribution >= 4 is 0 Å². The SMILES string of the molecule is CC1CCC(C(N)c2ccco2)CC1C. The van der Waals surface area contributed by atoms with Crippen LogP contribution < -0.4 is 5.73 Å². The molecule has 0 amide bonds. The highest BCUT2D eigenvalue weighted by Crippen LogP contribution is 2.38. The van der Waals surface area contributed by atoms with E-state index in [1.54, 1.807) is 6.26 Å². The highest BCUT2D eigenvalue weighted by molar-refractivity contribution is 5.05. The first kappa shape index (κ1) is 10.7. The van der Waals surface area contributed by atoms with Crippen molar-refractivity contribution in [1.29, 1.82) is 0 Å². The highest BCUT2D eigenvalue weighted by Gasteiger charge is 2.30. The molecule has 4 unspecified atom stereocenters. The van der Waals surface area contributed by atoms with Crippen molar-refractivity contribution in [1.82, 2.24) is 0 Å². The van der Waals surface area contributed by atoms with Crippen molar-refractivity contribution in [2.24, 2.45) is 23.5 Å². The maximum absolute atomic E-state index is 6.23. The third-order valence-electron chi connectivity index (χ3n) is 4.02. The van der Waals surface area contributed by atoms with Crippen molar-refractivity contribution < 1.29 is 4.42 Å². The van der Waals surface area contributed by atoms with Crippen molar-refractivity contribution in [3.8, 4) is 0 Å². The molecule has 0 saturated heterocycles. The summed E-state index contributed by atoms with van der Waals surface area (Å²) in [5, 5.41) is 0. The van der Waals surface area contributed by atoms with Crippen LogP contribution in [0.1, 0.15) is 44.9 Å². The Morgan fingerprint density at radius 1 is 1.33 bits per heavy atom. The van der Waals surface area contributed by atoms with Crippen LogP contribution in [0.15, 0.2) is 22.8 Å². The predicted octanol–water partition coefficient (Wildman–Crippen LogP) is 3.35. The van der Waals surface area contributed by atoms with Gasteiger partial charge in [-0.15, -0.1) is 0 Å². The summed E-state index contributed by atoms with van der Waals surface area (Å²) in [6, 6.07) is 4.01. The van der Waals surface area contributed by atoms with Crippen molar-refractivity contribution in [3.63, 3.8) is 0 Å². The van der Waals surface area contributed by atoms with Crippen LogP contribution in [0.2, 0.25) is 0 Å². The van der Waals surface area contributed by atoms with Crippen LogP contribution in [-0.2, 0) is 0 Å². The first-order chi connectivity index (χ1) is 7.18. The molecular weight excluding hydrogens is 186 g/mol. The third-order valence-corrected chi connectivity index (χ3v) is 4.02. The number of rotatable bonds is 2. The first-order valence-corrected chi connectivity index (χ1v) is 5.97. The molecule has 1 aliphatic carbocycles. The van der Waals surface area contributed by atoms with Gasteiger partial charge in [-0.3, -0.25) is 0 Å². The Balaban J connectivity index is 2.00. The second-order valence-electron chi connectivity index (χ2n) is 5.07. The molecule has 1 fully saturated rings. The molecule has 84 valence electrons. The number of furan rings is 1. The molecule has 2 nitrogen and oxygen atoms in total. The van der Waals surface area contributed by atoms with E-state index in [9.17, 15) is 0 Å². The summed E-state index contributed by atoms with van der Waals surface area (Å²) < 4.78 is 5.39. The molecule has 1 aromatic rings. The second kappa shape index (κ2) is 4.40. The fourth-order valence-corrected chi connectivity index (χ4v) is 2.63. The van der Waals surface area contributed by atoms with Crippen molar-refractivity contribution in [3.05, 3.63) is 24.2 Å². The summed E-state index contributed by atoms with van der Waals surface area (Å²) in [5.74, 6) is 3.19. The predicted molar refractivity (Wildman–Crippen MR) is 61.3 cm³/mol. The fraction of sp³-hybridized carbons (Fsp3) is 0.692. The van der Waals surface area contributed by atoms with Gasteiger partial charge in [-0.2, -0.15) is 0 Å². The van der Waals surface area contributed by atoms with E-state index in [-0.39, 0.29) is 6.04 Å². The lowest BCUT2D eigenvalue weighted by atomic mass is 9.73. The van der Waals surface area contributed by atoms with Crippen molar-refractivity contribution in [2.75, 3.05) is 0 Å². The summed E-state index contributed by atoms with van der Waals surface area (Å²) in [7, 11) is 0. The molecule has 0 bridgehead atoms. The van der Waals surface area contributed by atoms with Gasteiger partial charge >= 0.3 is 0 Å². The minimum Gasteiger partial charge on any atom is -0.468 e. The average Bonchev–Trinajstić information content (AvgIpc) is 2.74. The quantitative estimate of drug-likeness (QED) is 0.807. The number of nitrogens with two attached hydrogens (primary N) is 1. The zero-order valence-corrected chi connectivity index (χ0v) is 9.65. The number of hydrogen-bond donors (Lipinski definition) is 1. The van der Waals surface area contributed by atoms with E-state index < -0.39 is 0 Å². The molecular formula is C13H21NO. The van der Waals surface area contributed by atoms with Crippen LogP contribution in [0.5, 0.6) is 0 Å². The van der Waals surface area contributed by atoms with Crippen LogP contribution >= 0.6 is 0 Å². The summed E-state index contributed by atoms with van der Waals surface area (Å²) >= 11 is 0. The lowest BCUT2D eigenvalue weighted by Crippen LogP contribution is -2.29. The lowest BCUT2D eigenvalue weighted by Gasteiger charge is -2.34. The van der Waals surface area contributed by atoms with Gasteiger partial charge in [-0.25, -0.2) is 0 Å². The minimum atomic E-state index is 0.0925. The molecule has 0 aromatic carbocycles. The highest BCUT2D eigenvalue weighted by atomic mass is 16.3. The van der Waals surface area contributed by atoms with Gasteiger partial charge < -0.3 is 10.2 Å². The van der Waals surface area contributed by atoms with Gasteiger partial charge in [-0.05, 0) is 42.7 Å². The average molecular weight is 207 g/mol. The fourth-order valence-electron chi connectivity index (χ4n) is 2.63. The molecule has 1 saturated carbocycles. The van der Waals surface area contributed by atoms with E-state index in [4.69, 9.17) is 10.2 Å². The van der Waals surface area contributed by atoms with Crippen LogP contribution in [-0.4, -0.2) is 0 Å². The second-order valence-corrected chi connectivity index (χ2v) is 5.07. The Labute approximate surface area is 91.8 Å². The maximum Gasteiger partial charge on any atom is 0.120 e. The summed E-state index contributed by atoms with van der Waals surface area (Å²) in [6.45, 7) is 4.69. The molecule has 2 rings (SSSR count). The van der Waals surface area contributed by atoms with Gasteiger partial charge in [0.15, 0.2) is 0 Å². The minimum absolute atomic E-state index is 0.0925. The van der Waals surface area contributed by atoms with Crippen LogP contribution in [0.3, 0.4) is 0 Å². The Hall–Kier alpha value is -0.760. The van der Waals surface area contributed by atoms with Gasteiger partial charge in [0.05, 0.1) is 12.3 Å². The first-order valence-electron chi connectivity index (χ1n) is 5.97. The summed E-state index contributed by atoms with van der Waals surface area (Å²) in [4.78, 5) is 0. The zero-order chi connectivity index (χ0) is 10.8. The monoisotopic (exact) mass is 207 g/mol. The molecule has 1 aromatic heterocycles. The zero-order valence-electron chi connectivity index (χ0n) is 9.65. The van der Waals surface area contributed by atoms with Crippen molar-refractivity contribution in [2.45, 2.75) is 39.2 Å². The van der Waals surface area contributed by atoms with E-state index in [1.165, 1.54) is 19.3 Å². The van der Waals surface area contributed by atoms with Crippen LogP contribution in [0.25, 0.3) is 0 Å². The molecule has 15 heavy (non-hydrogen) atoms. The molecule has 0 spiro atoms. The van der Waals surface area contributed by atoms with Gasteiger partial charge in [-0.1, -0.05) is 20.3 Å². The molecule has 1 heterocycles. The molecule has 2 N–H and O–H groups in total. The molecule has 1 aliphatic rings. The molecule has 0 radical (unpaired) electrons. The lowest BCUT2D eigenvalue weighted by molar-refractivity contribution is 0.177. The summed E-state index contributed by atoms with van der Waals surface area (Å²) in [6.07, 6.45) is 5.50. The Morgan fingerprint density at radius 2 is 2.13 bits per heavy atom. The van der Waals surface area contributed by atoms with Crippen LogP contribution in [0, 0.1) is 17.8 Å². The van der Waals surface area contributed by atoms with E-state index >= 15 is 0 Å². The van der Waals surface area contributed by atoms with Gasteiger partial charge in [0.25, 0.3) is 0 Å². The van der Waals surface area contributed by atoms with E-state index in [1.807, 2.05) is 12.1 Å². The summed E-state index contributed by atoms with van der Waals surface area (Å²) in [5.41, 5.74) is 6.23. The standard InChI is InChI=1S/C13H21NO/c1-9-5-6-11(8-10(9)2)13(14)12-4-3-7-15-12/h3-4,7,9-11,13H,5-6,8,14H2,1-2H3. The molecule has 2 heteroatoms. The Bertz CT molecular complexity index is 293. The van der Waals surface area contributed by atoms with Gasteiger partial charge in [0, 0.05) is 0 Å². The Morgan fingerprint density at radius 3 is 2.73 bits per heavy atom. The normalized spacial score (nSPS) is 33.9. The largest absolute Gasteiger partial charge is 0.468 e. The maximum atomic E-state index is 6.23. The van der Waals surface area contributed by atoms with Gasteiger partial charge in [0.1, 0.15) is 5.76 Å². The van der Waals surface area contributed by atoms with E-state index in [0.29, 0.717) is 5.92 Å². The number of hydrogen-bond acceptors (Lipinski definition) is 2.